The summed E-state index contributed by atoms with van der Waals surface area (Å²) in [6.07, 6.45) is 19.8. The Hall–Kier alpha value is -2.91. The van der Waals surface area contributed by atoms with Crippen molar-refractivity contribution in [2.45, 2.75) is 200 Å². The maximum absolute atomic E-state index is 12.4. The monoisotopic (exact) mass is 794 g/mol. The Morgan fingerprint density at radius 1 is 0.745 bits per heavy atom. The van der Waals surface area contributed by atoms with Gasteiger partial charge in [0.2, 0.25) is 21.8 Å². The van der Waals surface area contributed by atoms with Crippen LogP contribution in [0.5, 0.6) is 0 Å². The molecule has 0 radical (unpaired) electrons. The predicted octanol–water partition coefficient (Wildman–Crippen LogP) is 8.17. The highest BCUT2D eigenvalue weighted by atomic mass is 32.2. The van der Waals surface area contributed by atoms with Crippen molar-refractivity contribution in [2.24, 2.45) is 17.6 Å². The Morgan fingerprint density at radius 3 is 1.55 bits per heavy atom. The maximum Gasteiger partial charge on any atom is 0.307 e. The lowest BCUT2D eigenvalue weighted by atomic mass is 9.84. The SMILES string of the molecule is CC(C)(C)OC(=O)C[C@@H](CCCC1CCCCC1)c1nc(CN)no1.CCS(=O)(=O)NCc1noc([C@H](CCCC2CCCCC2)CC(=O)OC(C)(C)C)n1. The number of ether oxygens (including phenoxy) is 2. The van der Waals surface area contributed by atoms with Crippen LogP contribution >= 0.6 is 0 Å². The van der Waals surface area contributed by atoms with Gasteiger partial charge in [0, 0.05) is 11.8 Å². The third kappa shape index (κ3) is 19.2. The zero-order chi connectivity index (χ0) is 40.5. The van der Waals surface area contributed by atoms with Gasteiger partial charge >= 0.3 is 11.9 Å². The van der Waals surface area contributed by atoms with Crippen LogP contribution in [0.25, 0.3) is 0 Å². The van der Waals surface area contributed by atoms with E-state index in [0.29, 0.717) is 17.6 Å². The quantitative estimate of drug-likeness (QED) is 0.129. The fraction of sp³-hybridized carbons (Fsp3) is 0.850. The second-order valence-electron chi connectivity index (χ2n) is 17.4. The van der Waals surface area contributed by atoms with E-state index in [1.165, 1.54) is 70.6 Å². The molecule has 0 aliphatic heterocycles. The van der Waals surface area contributed by atoms with Gasteiger partial charge in [0.15, 0.2) is 11.6 Å². The van der Waals surface area contributed by atoms with Crippen LogP contribution in [0, 0.1) is 11.8 Å². The molecule has 14 nitrogen and oxygen atoms in total. The van der Waals surface area contributed by atoms with Crippen LogP contribution < -0.4 is 10.5 Å². The van der Waals surface area contributed by atoms with E-state index in [0.717, 1.165) is 43.9 Å². The summed E-state index contributed by atoms with van der Waals surface area (Å²) in [7, 11) is -3.34. The van der Waals surface area contributed by atoms with Crippen LogP contribution in [0.2, 0.25) is 0 Å². The van der Waals surface area contributed by atoms with Gasteiger partial charge in [0.05, 0.1) is 31.7 Å². The van der Waals surface area contributed by atoms with E-state index in [1.54, 1.807) is 6.92 Å². The molecule has 2 saturated carbocycles. The lowest BCUT2D eigenvalue weighted by molar-refractivity contribution is -0.156. The summed E-state index contributed by atoms with van der Waals surface area (Å²) in [5.74, 6) is 2.38. The number of carbonyl (C=O) groups is 2. The highest BCUT2D eigenvalue weighted by molar-refractivity contribution is 7.89. The molecule has 2 atom stereocenters. The Kier molecular flexibility index (Phi) is 19.2. The topological polar surface area (TPSA) is 203 Å². The zero-order valence-electron chi connectivity index (χ0n) is 34.7. The number of nitrogens with two attached hydrogens (primary N) is 1. The van der Waals surface area contributed by atoms with E-state index >= 15 is 0 Å². The van der Waals surface area contributed by atoms with Gasteiger partial charge in [-0.05, 0) is 73.1 Å². The van der Waals surface area contributed by atoms with Gasteiger partial charge in [-0.25, -0.2) is 13.1 Å². The Labute approximate surface area is 329 Å². The van der Waals surface area contributed by atoms with Crippen LogP contribution in [0.4, 0.5) is 0 Å². The second kappa shape index (κ2) is 22.7. The molecule has 2 aromatic heterocycles. The molecule has 314 valence electrons. The number of hydrogen-bond donors (Lipinski definition) is 2. The standard InChI is InChI=1S/C21H37N3O5S.C19H33N3O3/c1-5-30(26,27)22-15-18-23-20(29-24-18)17(14-19(25)28-21(2,3)4)13-9-12-16-10-7-6-8-11-16;1-19(2,3)24-17(23)12-15(18-21-16(13-20)22-25-18)11-7-10-14-8-5-4-6-9-14/h16-17,22H,5-15H2,1-4H3;14-15H,4-13,20H2,1-3H3/t17-;15-/m11/s1. The van der Waals surface area contributed by atoms with Crippen molar-refractivity contribution < 1.29 is 36.5 Å². The van der Waals surface area contributed by atoms with Gasteiger partial charge in [-0.2, -0.15) is 9.97 Å². The van der Waals surface area contributed by atoms with Gasteiger partial charge < -0.3 is 24.3 Å². The van der Waals surface area contributed by atoms with Crippen molar-refractivity contribution in [3.63, 3.8) is 0 Å². The van der Waals surface area contributed by atoms with E-state index < -0.39 is 21.2 Å². The summed E-state index contributed by atoms with van der Waals surface area (Å²) in [6.45, 7) is 12.9. The predicted molar refractivity (Wildman–Crippen MR) is 210 cm³/mol. The van der Waals surface area contributed by atoms with Crippen LogP contribution in [-0.2, 0) is 42.2 Å². The first-order valence-electron chi connectivity index (χ1n) is 20.7. The summed E-state index contributed by atoms with van der Waals surface area (Å²) in [6, 6.07) is 0. The number of aromatic nitrogens is 4. The average Bonchev–Trinajstić information content (AvgIpc) is 3.80. The molecule has 0 unspecified atom stereocenters. The second-order valence-corrected chi connectivity index (χ2v) is 19.5. The van der Waals surface area contributed by atoms with E-state index in [-0.39, 0.29) is 61.3 Å². The molecule has 2 aliphatic rings. The normalized spacial score (nSPS) is 17.2. The van der Waals surface area contributed by atoms with E-state index in [1.807, 2.05) is 41.5 Å². The van der Waals surface area contributed by atoms with Crippen LogP contribution in [-0.4, -0.2) is 57.6 Å². The molecule has 2 aromatic rings. The van der Waals surface area contributed by atoms with Crippen molar-refractivity contribution in [2.75, 3.05) is 5.75 Å². The van der Waals surface area contributed by atoms with Crippen LogP contribution in [0.1, 0.15) is 199 Å². The van der Waals surface area contributed by atoms with Gasteiger partial charge in [0.25, 0.3) is 0 Å². The minimum atomic E-state index is -3.34. The molecule has 0 aromatic carbocycles. The number of hydrogen-bond acceptors (Lipinski definition) is 13. The van der Waals surface area contributed by atoms with Gasteiger partial charge in [-0.1, -0.05) is 100 Å². The zero-order valence-corrected chi connectivity index (χ0v) is 35.5. The first-order chi connectivity index (χ1) is 25.9. The number of nitrogens with one attached hydrogen (secondary N) is 1. The van der Waals surface area contributed by atoms with Gasteiger partial charge in [-0.15, -0.1) is 0 Å². The molecule has 0 bridgehead atoms. The molecule has 0 saturated heterocycles. The van der Waals surface area contributed by atoms with Crippen molar-refractivity contribution >= 4 is 22.0 Å². The Morgan fingerprint density at radius 2 is 1.16 bits per heavy atom. The van der Waals surface area contributed by atoms with Crippen LogP contribution in [0.15, 0.2) is 9.05 Å². The molecule has 2 aliphatic carbocycles. The summed E-state index contributed by atoms with van der Waals surface area (Å²) < 4.78 is 47.4. The molecule has 55 heavy (non-hydrogen) atoms. The molecule has 2 fully saturated rings. The average molecular weight is 795 g/mol. The largest absolute Gasteiger partial charge is 0.460 e. The van der Waals surface area contributed by atoms with Crippen molar-refractivity contribution in [3.05, 3.63) is 23.4 Å². The number of rotatable bonds is 19. The lowest BCUT2D eigenvalue weighted by Crippen LogP contribution is -2.25. The fourth-order valence-electron chi connectivity index (χ4n) is 7.35. The molecule has 3 N–H and O–H groups in total. The van der Waals surface area contributed by atoms with Crippen molar-refractivity contribution in [3.8, 4) is 0 Å². The molecule has 15 heteroatoms. The van der Waals surface area contributed by atoms with E-state index in [2.05, 4.69) is 25.0 Å². The molecular weight excluding hydrogens is 725 g/mol. The molecule has 0 amide bonds. The van der Waals surface area contributed by atoms with Gasteiger partial charge in [-0.3, -0.25) is 9.59 Å². The third-order valence-electron chi connectivity index (χ3n) is 10.1. The Balaban J connectivity index is 0.000000300. The van der Waals surface area contributed by atoms with Crippen molar-refractivity contribution in [1.29, 1.82) is 0 Å². The highest BCUT2D eigenvalue weighted by Gasteiger charge is 2.28. The number of esters is 2. The highest BCUT2D eigenvalue weighted by Crippen LogP contribution is 2.33. The molecule has 0 spiro atoms. The van der Waals surface area contributed by atoms with Crippen molar-refractivity contribution in [1.82, 2.24) is 25.0 Å². The number of nitrogens with zero attached hydrogens (tertiary/aromatic N) is 4. The maximum atomic E-state index is 12.4. The lowest BCUT2D eigenvalue weighted by Gasteiger charge is -2.23. The smallest absolute Gasteiger partial charge is 0.307 e. The molecule has 2 heterocycles. The first kappa shape index (κ1) is 46.5. The Bertz CT molecular complexity index is 1520. The summed E-state index contributed by atoms with van der Waals surface area (Å²) in [5, 5.41) is 7.76. The van der Waals surface area contributed by atoms with E-state index in [9.17, 15) is 18.0 Å². The molecule has 4 rings (SSSR count). The fourth-order valence-corrected chi connectivity index (χ4v) is 7.90. The molecular formula is C40H70N6O8S. The summed E-state index contributed by atoms with van der Waals surface area (Å²) >= 11 is 0. The van der Waals surface area contributed by atoms with Gasteiger partial charge in [0.1, 0.15) is 11.2 Å². The summed E-state index contributed by atoms with van der Waals surface area (Å²) in [5.41, 5.74) is 4.53. The first-order valence-corrected chi connectivity index (χ1v) is 22.4. The number of carbonyl (C=O) groups excluding carboxylic acids is 2. The minimum absolute atomic E-state index is 0.0137. The minimum Gasteiger partial charge on any atom is -0.460 e. The third-order valence-corrected chi connectivity index (χ3v) is 11.5. The summed E-state index contributed by atoms with van der Waals surface area (Å²) in [4.78, 5) is 33.3. The van der Waals surface area contributed by atoms with Crippen LogP contribution in [0.3, 0.4) is 0 Å². The van der Waals surface area contributed by atoms with E-state index in [4.69, 9.17) is 24.3 Å². The number of sulfonamides is 1.